The van der Waals surface area contributed by atoms with Gasteiger partial charge in [-0.25, -0.2) is 0 Å². The monoisotopic (exact) mass is 433 g/mol. The van der Waals surface area contributed by atoms with E-state index in [0.717, 1.165) is 16.9 Å². The zero-order chi connectivity index (χ0) is 19.7. The van der Waals surface area contributed by atoms with Gasteiger partial charge in [0, 0.05) is 21.8 Å². The number of hydrogen-bond acceptors (Lipinski definition) is 6. The standard InChI is InChI=1S/C18H13Cl2N5O2S/c1-10(15-12(19)4-2-5-13(15)20)25-9-11(8-21-25)22-16(26)18-24-23-17(28-18)14-6-3-7-27-14/h2-10H,1H3,(H,22,26). The fraction of sp³-hybridized carbons (Fsp3) is 0.111. The fourth-order valence-electron chi connectivity index (χ4n) is 2.66. The Balaban J connectivity index is 1.50. The van der Waals surface area contributed by atoms with Crippen LogP contribution in [0.25, 0.3) is 10.8 Å². The van der Waals surface area contributed by atoms with E-state index in [9.17, 15) is 4.79 Å². The van der Waals surface area contributed by atoms with E-state index >= 15 is 0 Å². The van der Waals surface area contributed by atoms with Crippen molar-refractivity contribution in [2.24, 2.45) is 0 Å². The molecular weight excluding hydrogens is 421 g/mol. The quantitative estimate of drug-likeness (QED) is 0.469. The zero-order valence-electron chi connectivity index (χ0n) is 14.5. The van der Waals surface area contributed by atoms with Gasteiger partial charge in [0.25, 0.3) is 5.91 Å². The summed E-state index contributed by atoms with van der Waals surface area (Å²) in [5.74, 6) is 0.188. The van der Waals surface area contributed by atoms with Gasteiger partial charge in [-0.2, -0.15) is 5.10 Å². The lowest BCUT2D eigenvalue weighted by atomic mass is 10.1. The number of carbonyl (C=O) groups is 1. The maximum atomic E-state index is 12.4. The molecule has 4 rings (SSSR count). The van der Waals surface area contributed by atoms with Crippen LogP contribution >= 0.6 is 34.5 Å². The molecule has 142 valence electrons. The molecule has 3 heterocycles. The smallest absolute Gasteiger partial charge is 0.286 e. The van der Waals surface area contributed by atoms with Gasteiger partial charge in [0.15, 0.2) is 10.8 Å². The van der Waals surface area contributed by atoms with E-state index in [1.54, 1.807) is 47.4 Å². The summed E-state index contributed by atoms with van der Waals surface area (Å²) >= 11 is 13.7. The second-order valence-electron chi connectivity index (χ2n) is 5.86. The van der Waals surface area contributed by atoms with Gasteiger partial charge in [-0.15, -0.1) is 10.2 Å². The molecular formula is C18H13Cl2N5O2S. The molecule has 0 saturated heterocycles. The highest BCUT2D eigenvalue weighted by atomic mass is 35.5. The number of halogens is 2. The topological polar surface area (TPSA) is 85.8 Å². The molecule has 7 nitrogen and oxygen atoms in total. The largest absolute Gasteiger partial charge is 0.462 e. The van der Waals surface area contributed by atoms with Crippen LogP contribution in [-0.4, -0.2) is 25.9 Å². The van der Waals surface area contributed by atoms with E-state index in [-0.39, 0.29) is 17.0 Å². The lowest BCUT2D eigenvalue weighted by Gasteiger charge is -2.15. The summed E-state index contributed by atoms with van der Waals surface area (Å²) in [6.07, 6.45) is 4.79. The highest BCUT2D eigenvalue weighted by molar-refractivity contribution is 7.16. The average Bonchev–Trinajstić information content (AvgIpc) is 3.42. The number of hydrogen-bond donors (Lipinski definition) is 1. The first-order valence-corrected chi connectivity index (χ1v) is 9.77. The number of anilines is 1. The molecule has 0 aliphatic rings. The van der Waals surface area contributed by atoms with Crippen molar-refractivity contribution in [3.8, 4) is 10.8 Å². The van der Waals surface area contributed by atoms with Crippen LogP contribution < -0.4 is 5.32 Å². The molecule has 4 aromatic rings. The van der Waals surface area contributed by atoms with Crippen LogP contribution in [0.5, 0.6) is 0 Å². The lowest BCUT2D eigenvalue weighted by molar-refractivity contribution is 0.102. The van der Waals surface area contributed by atoms with Crippen molar-refractivity contribution in [2.45, 2.75) is 13.0 Å². The van der Waals surface area contributed by atoms with Crippen molar-refractivity contribution in [3.63, 3.8) is 0 Å². The van der Waals surface area contributed by atoms with Crippen molar-refractivity contribution >= 4 is 46.1 Å². The highest BCUT2D eigenvalue weighted by Crippen LogP contribution is 2.32. The molecule has 0 aliphatic carbocycles. The number of amides is 1. The zero-order valence-corrected chi connectivity index (χ0v) is 16.8. The summed E-state index contributed by atoms with van der Waals surface area (Å²) in [4.78, 5) is 12.4. The van der Waals surface area contributed by atoms with E-state index in [2.05, 4.69) is 20.6 Å². The molecule has 3 aromatic heterocycles. The highest BCUT2D eigenvalue weighted by Gasteiger charge is 2.19. The van der Waals surface area contributed by atoms with Crippen LogP contribution in [0.2, 0.25) is 10.0 Å². The van der Waals surface area contributed by atoms with Gasteiger partial charge in [-0.05, 0) is 31.2 Å². The normalized spacial score (nSPS) is 12.1. The van der Waals surface area contributed by atoms with Gasteiger partial charge in [0.1, 0.15) is 0 Å². The van der Waals surface area contributed by atoms with Crippen LogP contribution in [0.15, 0.2) is 53.4 Å². The molecule has 1 amide bonds. The summed E-state index contributed by atoms with van der Waals surface area (Å²) in [5, 5.41) is 16.8. The molecule has 0 fully saturated rings. The third kappa shape index (κ3) is 3.66. The molecule has 1 unspecified atom stereocenters. The summed E-state index contributed by atoms with van der Waals surface area (Å²) in [7, 11) is 0. The summed E-state index contributed by atoms with van der Waals surface area (Å²) < 4.78 is 6.94. The number of carbonyl (C=O) groups excluding carboxylic acids is 1. The van der Waals surface area contributed by atoms with E-state index in [0.29, 0.717) is 26.5 Å². The second-order valence-corrected chi connectivity index (χ2v) is 7.66. The Labute approximate surface area is 173 Å². The van der Waals surface area contributed by atoms with Crippen molar-refractivity contribution in [2.75, 3.05) is 5.32 Å². The van der Waals surface area contributed by atoms with Gasteiger partial charge >= 0.3 is 0 Å². The van der Waals surface area contributed by atoms with Gasteiger partial charge in [0.2, 0.25) is 5.01 Å². The summed E-state index contributed by atoms with van der Waals surface area (Å²) in [5.41, 5.74) is 1.29. The molecule has 1 aromatic carbocycles. The molecule has 1 N–H and O–H groups in total. The third-order valence-electron chi connectivity index (χ3n) is 4.02. The van der Waals surface area contributed by atoms with E-state index in [1.807, 2.05) is 6.92 Å². The Hall–Kier alpha value is -2.68. The first-order chi connectivity index (χ1) is 13.5. The Morgan fingerprint density at radius 2 is 2.00 bits per heavy atom. The Morgan fingerprint density at radius 1 is 1.21 bits per heavy atom. The number of nitrogens with one attached hydrogen (secondary N) is 1. The number of aromatic nitrogens is 4. The van der Waals surface area contributed by atoms with Crippen LogP contribution in [0.3, 0.4) is 0 Å². The minimum Gasteiger partial charge on any atom is -0.462 e. The molecule has 0 spiro atoms. The predicted molar refractivity (Wildman–Crippen MR) is 108 cm³/mol. The fourth-order valence-corrected chi connectivity index (χ4v) is 4.08. The molecule has 0 aliphatic heterocycles. The van der Waals surface area contributed by atoms with E-state index < -0.39 is 0 Å². The average molecular weight is 434 g/mol. The van der Waals surface area contributed by atoms with Gasteiger partial charge < -0.3 is 9.73 Å². The summed E-state index contributed by atoms with van der Waals surface area (Å²) in [6.45, 7) is 1.92. The lowest BCUT2D eigenvalue weighted by Crippen LogP contribution is -2.11. The van der Waals surface area contributed by atoms with Crippen LogP contribution in [0.4, 0.5) is 5.69 Å². The number of nitrogens with zero attached hydrogens (tertiary/aromatic N) is 4. The predicted octanol–water partition coefficient (Wildman–Crippen LogP) is 5.16. The van der Waals surface area contributed by atoms with E-state index in [4.69, 9.17) is 27.6 Å². The number of rotatable bonds is 5. The third-order valence-corrected chi connectivity index (χ3v) is 5.62. The molecule has 0 saturated carbocycles. The van der Waals surface area contributed by atoms with E-state index in [1.165, 1.54) is 6.26 Å². The van der Waals surface area contributed by atoms with Crippen LogP contribution in [-0.2, 0) is 0 Å². The Morgan fingerprint density at radius 3 is 2.71 bits per heavy atom. The van der Waals surface area contributed by atoms with Crippen molar-refractivity contribution in [1.29, 1.82) is 0 Å². The van der Waals surface area contributed by atoms with Crippen molar-refractivity contribution < 1.29 is 9.21 Å². The molecule has 28 heavy (non-hydrogen) atoms. The number of furan rings is 1. The Bertz CT molecular complexity index is 1100. The van der Waals surface area contributed by atoms with Crippen molar-refractivity contribution in [1.82, 2.24) is 20.0 Å². The molecule has 10 heteroatoms. The maximum absolute atomic E-state index is 12.4. The van der Waals surface area contributed by atoms with Crippen LogP contribution in [0.1, 0.15) is 28.3 Å². The maximum Gasteiger partial charge on any atom is 0.286 e. The summed E-state index contributed by atoms with van der Waals surface area (Å²) in [6, 6.07) is 8.63. The Kier molecular flexibility index (Phi) is 5.17. The molecule has 0 radical (unpaired) electrons. The first kappa shape index (κ1) is 18.7. The SMILES string of the molecule is CC(c1c(Cl)cccc1Cl)n1cc(NC(=O)c2nnc(-c3ccco3)s2)cn1. The van der Waals surface area contributed by atoms with Crippen LogP contribution in [0, 0.1) is 0 Å². The number of benzene rings is 1. The minimum atomic E-state index is -0.377. The van der Waals surface area contributed by atoms with Crippen molar-refractivity contribution in [3.05, 3.63) is 69.6 Å². The molecule has 0 bridgehead atoms. The van der Waals surface area contributed by atoms with Gasteiger partial charge in [-0.1, -0.05) is 40.6 Å². The second kappa shape index (κ2) is 7.75. The van der Waals surface area contributed by atoms with Gasteiger partial charge in [-0.3, -0.25) is 9.48 Å². The van der Waals surface area contributed by atoms with Gasteiger partial charge in [0.05, 0.1) is 24.2 Å². The minimum absolute atomic E-state index is 0.209. The molecule has 1 atom stereocenters. The first-order valence-electron chi connectivity index (χ1n) is 8.19.